The maximum absolute atomic E-state index is 14.3. The smallest absolute Gasteiger partial charge is 0.333 e. The fraction of sp³-hybridized carbons (Fsp3) is 0.526. The summed E-state index contributed by atoms with van der Waals surface area (Å²) in [4.78, 5) is 57.5. The van der Waals surface area contributed by atoms with Gasteiger partial charge in [0, 0.05) is 36.2 Å². The maximum Gasteiger partial charge on any atom is 0.333 e. The summed E-state index contributed by atoms with van der Waals surface area (Å²) in [5.41, 5.74) is 2.42. The van der Waals surface area contributed by atoms with Gasteiger partial charge in [-0.1, -0.05) is 94.8 Å². The maximum atomic E-state index is 14.3. The predicted molar refractivity (Wildman–Crippen MR) is 182 cm³/mol. The van der Waals surface area contributed by atoms with Crippen molar-refractivity contribution >= 4 is 23.6 Å². The summed E-state index contributed by atoms with van der Waals surface area (Å²) in [6, 6.07) is 15.0. The van der Waals surface area contributed by atoms with Crippen LogP contribution in [0.5, 0.6) is 0 Å². The van der Waals surface area contributed by atoms with Gasteiger partial charge in [0.05, 0.1) is 18.7 Å². The Hall–Kier alpha value is -3.78. The number of hydrogen-bond donors (Lipinski definition) is 1. The molecule has 1 aliphatic rings. The summed E-state index contributed by atoms with van der Waals surface area (Å²) >= 11 is 0. The van der Waals surface area contributed by atoms with Gasteiger partial charge in [0.25, 0.3) is 0 Å². The summed E-state index contributed by atoms with van der Waals surface area (Å²) in [6.07, 6.45) is 4.78. The summed E-state index contributed by atoms with van der Waals surface area (Å²) in [5, 5.41) is 3.14. The Morgan fingerprint density at radius 3 is 2.15 bits per heavy atom. The van der Waals surface area contributed by atoms with Crippen LogP contribution in [0.4, 0.5) is 0 Å². The highest BCUT2D eigenvalue weighted by atomic mass is 16.5. The van der Waals surface area contributed by atoms with Gasteiger partial charge in [-0.05, 0) is 57.6 Å². The van der Waals surface area contributed by atoms with Crippen LogP contribution in [-0.2, 0) is 25.5 Å². The lowest BCUT2D eigenvalue weighted by Crippen LogP contribution is -2.58. The molecule has 0 aliphatic carbocycles. The van der Waals surface area contributed by atoms with Crippen LogP contribution in [0.3, 0.4) is 0 Å². The Morgan fingerprint density at radius 2 is 1.57 bits per heavy atom. The Labute approximate surface area is 275 Å². The van der Waals surface area contributed by atoms with Crippen molar-refractivity contribution in [2.75, 3.05) is 20.2 Å². The summed E-state index contributed by atoms with van der Waals surface area (Å²) in [6.45, 7) is 15.0. The van der Waals surface area contributed by atoms with Crippen molar-refractivity contribution < 1.29 is 23.9 Å². The van der Waals surface area contributed by atoms with Crippen LogP contribution < -0.4 is 5.32 Å². The lowest BCUT2D eigenvalue weighted by molar-refractivity contribution is -0.139. The average molecular weight is 632 g/mol. The third kappa shape index (κ3) is 9.61. The molecule has 1 saturated heterocycles. The van der Waals surface area contributed by atoms with Crippen molar-refractivity contribution in [1.82, 2.24) is 15.1 Å². The quantitative estimate of drug-likeness (QED) is 0.160. The minimum Gasteiger partial charge on any atom is -0.463 e. The molecule has 8 nitrogen and oxygen atoms in total. The van der Waals surface area contributed by atoms with Crippen LogP contribution in [0.15, 0.2) is 66.2 Å². The Bertz CT molecular complexity index is 1350. The monoisotopic (exact) mass is 631 g/mol. The Kier molecular flexibility index (Phi) is 13.7. The average Bonchev–Trinajstić information content (AvgIpc) is 3.06. The van der Waals surface area contributed by atoms with Gasteiger partial charge >= 0.3 is 5.97 Å². The number of ether oxygens (including phenoxy) is 1. The number of carbonyl (C=O) groups excluding carboxylic acids is 4. The van der Waals surface area contributed by atoms with E-state index in [1.54, 1.807) is 56.1 Å². The molecule has 1 N–H and O–H groups in total. The van der Waals surface area contributed by atoms with Crippen molar-refractivity contribution in [1.29, 1.82) is 0 Å². The summed E-state index contributed by atoms with van der Waals surface area (Å²) < 4.78 is 5.18. The highest BCUT2D eigenvalue weighted by molar-refractivity contribution is 6.09. The number of likely N-dealkylation sites (tertiary alicyclic amines) is 1. The van der Waals surface area contributed by atoms with E-state index in [1.807, 2.05) is 44.2 Å². The van der Waals surface area contributed by atoms with E-state index < -0.39 is 18.1 Å². The number of likely N-dealkylation sites (N-methyl/N-ethyl adjacent to an activating group) is 1. The van der Waals surface area contributed by atoms with Crippen molar-refractivity contribution in [3.8, 4) is 0 Å². The number of piperidine rings is 1. The van der Waals surface area contributed by atoms with E-state index in [4.69, 9.17) is 4.74 Å². The Morgan fingerprint density at radius 1 is 0.935 bits per heavy atom. The number of amides is 2. The third-order valence-corrected chi connectivity index (χ3v) is 9.14. The molecular formula is C38H53N3O5. The van der Waals surface area contributed by atoms with E-state index in [9.17, 15) is 19.2 Å². The number of nitrogens with one attached hydrogen (secondary N) is 1. The number of carbonyl (C=O) groups is 4. The molecule has 2 aromatic rings. The number of hydrogen-bond acceptors (Lipinski definition) is 6. The van der Waals surface area contributed by atoms with Gasteiger partial charge in [0.2, 0.25) is 11.8 Å². The number of nitrogens with zero attached hydrogens (tertiary/aromatic N) is 2. The molecule has 8 heteroatoms. The number of benzene rings is 2. The van der Waals surface area contributed by atoms with Gasteiger partial charge in [0.15, 0.2) is 5.78 Å². The molecule has 1 aliphatic heterocycles. The van der Waals surface area contributed by atoms with Crippen LogP contribution in [0.1, 0.15) is 89.2 Å². The fourth-order valence-corrected chi connectivity index (χ4v) is 6.07. The van der Waals surface area contributed by atoms with E-state index >= 15 is 0 Å². The molecule has 4 atom stereocenters. The fourth-order valence-electron chi connectivity index (χ4n) is 6.07. The van der Waals surface area contributed by atoms with Gasteiger partial charge in [-0.3, -0.25) is 19.3 Å². The molecule has 250 valence electrons. The first-order chi connectivity index (χ1) is 21.8. The largest absolute Gasteiger partial charge is 0.463 e. The number of ketones is 1. The zero-order chi connectivity index (χ0) is 34.0. The molecule has 1 heterocycles. The van der Waals surface area contributed by atoms with Gasteiger partial charge in [-0.15, -0.1) is 0 Å². The molecule has 2 aromatic carbocycles. The standard InChI is InChI=1S/C38H53N3O5/c1-9-46-38(45)27(6)23-34(26(4)5)40(8)37(44)32(39-36(43)33-17-13-14-22-41(33)28(7)25(2)3)24-29-18-20-31(21-19-29)35(42)30-15-11-10-12-16-30/h10-12,15-16,18-21,23,25-26,28,32-34H,9,13-14,17,22,24H2,1-8H3,(H,39,43)/b27-23+/t28?,32?,33-,34-/m1/s1. The Balaban J connectivity index is 1.92. The van der Waals surface area contributed by atoms with Gasteiger partial charge in [0.1, 0.15) is 6.04 Å². The molecule has 0 bridgehead atoms. The first-order valence-electron chi connectivity index (χ1n) is 16.7. The van der Waals surface area contributed by atoms with E-state index in [1.165, 1.54) is 0 Å². The number of rotatable bonds is 14. The van der Waals surface area contributed by atoms with E-state index in [2.05, 4.69) is 31.0 Å². The minimum absolute atomic E-state index is 0.00121. The van der Waals surface area contributed by atoms with Crippen molar-refractivity contribution in [3.05, 3.63) is 82.9 Å². The normalized spacial score (nSPS) is 17.7. The lowest BCUT2D eigenvalue weighted by Gasteiger charge is -2.41. The first-order valence-corrected chi connectivity index (χ1v) is 16.7. The molecule has 1 fully saturated rings. The van der Waals surface area contributed by atoms with E-state index in [0.29, 0.717) is 22.6 Å². The van der Waals surface area contributed by atoms with Gasteiger partial charge in [-0.25, -0.2) is 4.79 Å². The van der Waals surface area contributed by atoms with Crippen LogP contribution in [0.2, 0.25) is 0 Å². The third-order valence-electron chi connectivity index (χ3n) is 9.14. The molecule has 0 saturated carbocycles. The van der Waals surface area contributed by atoms with Crippen LogP contribution in [-0.4, -0.2) is 77.7 Å². The van der Waals surface area contributed by atoms with Gasteiger partial charge in [-0.2, -0.15) is 0 Å². The minimum atomic E-state index is -0.844. The van der Waals surface area contributed by atoms with E-state index in [-0.39, 0.29) is 48.6 Å². The van der Waals surface area contributed by atoms with Crippen LogP contribution >= 0.6 is 0 Å². The van der Waals surface area contributed by atoms with Crippen LogP contribution in [0, 0.1) is 11.8 Å². The molecule has 0 radical (unpaired) electrons. The van der Waals surface area contributed by atoms with Gasteiger partial charge < -0.3 is 15.0 Å². The highest BCUT2D eigenvalue weighted by Crippen LogP contribution is 2.24. The van der Waals surface area contributed by atoms with Crippen molar-refractivity contribution in [2.24, 2.45) is 11.8 Å². The predicted octanol–water partition coefficient (Wildman–Crippen LogP) is 5.84. The highest BCUT2D eigenvalue weighted by Gasteiger charge is 2.36. The topological polar surface area (TPSA) is 96.0 Å². The second-order valence-corrected chi connectivity index (χ2v) is 13.1. The van der Waals surface area contributed by atoms with E-state index in [0.717, 1.165) is 31.4 Å². The first kappa shape index (κ1) is 36.7. The summed E-state index contributed by atoms with van der Waals surface area (Å²) in [5.74, 6) is -0.500. The zero-order valence-corrected chi connectivity index (χ0v) is 28.9. The summed E-state index contributed by atoms with van der Waals surface area (Å²) in [7, 11) is 1.72. The van der Waals surface area contributed by atoms with Crippen molar-refractivity contribution in [3.63, 3.8) is 0 Å². The molecular weight excluding hydrogens is 578 g/mol. The number of esters is 1. The molecule has 0 spiro atoms. The second-order valence-electron chi connectivity index (χ2n) is 13.1. The van der Waals surface area contributed by atoms with Crippen LogP contribution in [0.25, 0.3) is 0 Å². The zero-order valence-electron chi connectivity index (χ0n) is 28.9. The molecule has 0 aromatic heterocycles. The SMILES string of the molecule is CCOC(=O)/C(C)=C/[C@H](C(C)C)N(C)C(=O)C(Cc1ccc(C(=O)c2ccccc2)cc1)NC(=O)[C@H]1CCCCN1C(C)C(C)C. The molecule has 46 heavy (non-hydrogen) atoms. The van der Waals surface area contributed by atoms with Crippen molar-refractivity contribution in [2.45, 2.75) is 98.3 Å². The molecule has 2 amide bonds. The molecule has 2 unspecified atom stereocenters. The molecule has 3 rings (SSSR count). The lowest BCUT2D eigenvalue weighted by atomic mass is 9.94. The second kappa shape index (κ2) is 17.2.